The maximum absolute atomic E-state index is 11.7. The molecule has 0 aliphatic carbocycles. The Kier molecular flexibility index (Phi) is 15.2. The van der Waals surface area contributed by atoms with Crippen molar-refractivity contribution in [1.29, 1.82) is 0 Å². The smallest absolute Gasteiger partial charge is 0.306 e. The lowest BCUT2D eigenvalue weighted by atomic mass is 10.0. The van der Waals surface area contributed by atoms with E-state index >= 15 is 0 Å². The van der Waals surface area contributed by atoms with Crippen LogP contribution >= 0.6 is 0 Å². The van der Waals surface area contributed by atoms with Gasteiger partial charge in [0.15, 0.2) is 0 Å². The van der Waals surface area contributed by atoms with Crippen LogP contribution in [0.5, 0.6) is 0 Å². The van der Waals surface area contributed by atoms with E-state index in [0.29, 0.717) is 6.42 Å². The zero-order chi connectivity index (χ0) is 18.0. The number of esters is 1. The highest BCUT2D eigenvalue weighted by atomic mass is 16.5. The fourth-order valence-corrected chi connectivity index (χ4v) is 3.61. The molecule has 1 aliphatic rings. The summed E-state index contributed by atoms with van der Waals surface area (Å²) in [4.78, 5) is 11.7. The Morgan fingerprint density at radius 2 is 1.28 bits per heavy atom. The predicted molar refractivity (Wildman–Crippen MR) is 107 cm³/mol. The number of ether oxygens (including phenoxy) is 1. The minimum absolute atomic E-state index is 0.00314. The molecule has 3 heteroatoms. The summed E-state index contributed by atoms with van der Waals surface area (Å²) in [5.74, 6) is 0.00314. The van der Waals surface area contributed by atoms with Gasteiger partial charge >= 0.3 is 5.97 Å². The molecular weight excluding hydrogens is 310 g/mol. The van der Waals surface area contributed by atoms with Crippen LogP contribution in [0.15, 0.2) is 0 Å². The van der Waals surface area contributed by atoms with Crippen LogP contribution < -0.4 is 5.32 Å². The van der Waals surface area contributed by atoms with Gasteiger partial charge in [-0.1, -0.05) is 96.8 Å². The third-order valence-electron chi connectivity index (χ3n) is 5.30. The first-order valence-corrected chi connectivity index (χ1v) is 11.2. The molecule has 0 radical (unpaired) electrons. The average molecular weight is 354 g/mol. The van der Waals surface area contributed by atoms with Gasteiger partial charge in [0.2, 0.25) is 0 Å². The van der Waals surface area contributed by atoms with E-state index in [1.54, 1.807) is 0 Å². The standard InChI is InChI=1S/C22H43NO2/c1-2-3-4-5-6-7-8-9-10-11-12-13-14-15-16-17-22(24)25-21-18-19-23-20-21/h21,23H,2-20H2,1H3. The summed E-state index contributed by atoms with van der Waals surface area (Å²) in [6.45, 7) is 4.10. The number of hydrogen-bond acceptors (Lipinski definition) is 3. The van der Waals surface area contributed by atoms with Crippen LogP contribution in [-0.4, -0.2) is 25.2 Å². The highest BCUT2D eigenvalue weighted by molar-refractivity contribution is 5.69. The maximum atomic E-state index is 11.7. The van der Waals surface area contributed by atoms with Crippen molar-refractivity contribution in [3.8, 4) is 0 Å². The molecule has 3 nitrogen and oxygen atoms in total. The molecule has 1 saturated heterocycles. The lowest BCUT2D eigenvalue weighted by Crippen LogP contribution is -2.20. The van der Waals surface area contributed by atoms with Crippen molar-refractivity contribution in [1.82, 2.24) is 5.32 Å². The van der Waals surface area contributed by atoms with Gasteiger partial charge in [0.05, 0.1) is 0 Å². The molecule has 0 aromatic rings. The van der Waals surface area contributed by atoms with Crippen LogP contribution in [0.4, 0.5) is 0 Å². The molecule has 25 heavy (non-hydrogen) atoms. The Morgan fingerprint density at radius 1 is 0.800 bits per heavy atom. The van der Waals surface area contributed by atoms with Gasteiger partial charge in [-0.25, -0.2) is 0 Å². The Bertz CT molecular complexity index is 300. The Labute approximate surface area is 156 Å². The average Bonchev–Trinajstić information content (AvgIpc) is 3.11. The van der Waals surface area contributed by atoms with Crippen molar-refractivity contribution < 1.29 is 9.53 Å². The monoisotopic (exact) mass is 353 g/mol. The first-order chi connectivity index (χ1) is 12.3. The van der Waals surface area contributed by atoms with Gasteiger partial charge < -0.3 is 10.1 Å². The van der Waals surface area contributed by atoms with Gasteiger partial charge in [-0.05, 0) is 19.4 Å². The first-order valence-electron chi connectivity index (χ1n) is 11.2. The van der Waals surface area contributed by atoms with E-state index in [0.717, 1.165) is 25.9 Å². The zero-order valence-electron chi connectivity index (χ0n) is 16.8. The third-order valence-corrected chi connectivity index (χ3v) is 5.30. The van der Waals surface area contributed by atoms with E-state index in [1.807, 2.05) is 0 Å². The molecule has 1 rings (SSSR count). The Balaban J connectivity index is 1.71. The summed E-state index contributed by atoms with van der Waals surface area (Å²) >= 11 is 0. The summed E-state index contributed by atoms with van der Waals surface area (Å²) in [7, 11) is 0. The molecule has 1 N–H and O–H groups in total. The molecule has 0 spiro atoms. The second kappa shape index (κ2) is 16.9. The summed E-state index contributed by atoms with van der Waals surface area (Å²) in [6, 6.07) is 0. The van der Waals surface area contributed by atoms with Gasteiger partial charge in [0, 0.05) is 13.0 Å². The Hall–Kier alpha value is -0.570. The van der Waals surface area contributed by atoms with Gasteiger partial charge in [-0.2, -0.15) is 0 Å². The largest absolute Gasteiger partial charge is 0.461 e. The summed E-state index contributed by atoms with van der Waals surface area (Å²) in [5.41, 5.74) is 0. The summed E-state index contributed by atoms with van der Waals surface area (Å²) in [6.07, 6.45) is 22.1. The van der Waals surface area contributed by atoms with Gasteiger partial charge in [0.25, 0.3) is 0 Å². The van der Waals surface area contributed by atoms with E-state index in [4.69, 9.17) is 4.74 Å². The number of rotatable bonds is 17. The summed E-state index contributed by atoms with van der Waals surface area (Å²) < 4.78 is 5.43. The van der Waals surface area contributed by atoms with Gasteiger partial charge in [0.1, 0.15) is 6.10 Å². The number of unbranched alkanes of at least 4 members (excludes halogenated alkanes) is 14. The fourth-order valence-electron chi connectivity index (χ4n) is 3.61. The van der Waals surface area contributed by atoms with Crippen LogP contribution in [0.1, 0.15) is 116 Å². The van der Waals surface area contributed by atoms with Crippen LogP contribution in [0.3, 0.4) is 0 Å². The van der Waals surface area contributed by atoms with Crippen molar-refractivity contribution in [2.75, 3.05) is 13.1 Å². The minimum Gasteiger partial charge on any atom is -0.461 e. The zero-order valence-corrected chi connectivity index (χ0v) is 16.8. The van der Waals surface area contributed by atoms with Crippen LogP contribution in [0.2, 0.25) is 0 Å². The molecule has 0 aromatic heterocycles. The second-order valence-electron chi connectivity index (χ2n) is 7.80. The Morgan fingerprint density at radius 3 is 1.72 bits per heavy atom. The SMILES string of the molecule is CCCCCCCCCCCCCCCCCC(=O)OC1CCNC1. The van der Waals surface area contributed by atoms with E-state index < -0.39 is 0 Å². The number of carbonyl (C=O) groups excluding carboxylic acids is 1. The molecule has 1 heterocycles. The normalized spacial score (nSPS) is 17.1. The van der Waals surface area contributed by atoms with Gasteiger partial charge in [-0.3, -0.25) is 4.79 Å². The minimum atomic E-state index is 0.00314. The summed E-state index contributed by atoms with van der Waals surface area (Å²) in [5, 5.41) is 3.22. The lowest BCUT2D eigenvalue weighted by molar-refractivity contribution is -0.148. The van der Waals surface area contributed by atoms with E-state index in [-0.39, 0.29) is 12.1 Å². The first kappa shape index (κ1) is 22.5. The van der Waals surface area contributed by atoms with Crippen LogP contribution in [0.25, 0.3) is 0 Å². The molecular formula is C22H43NO2. The lowest BCUT2D eigenvalue weighted by Gasteiger charge is -2.10. The molecule has 1 unspecified atom stereocenters. The van der Waals surface area contributed by atoms with Crippen molar-refractivity contribution in [2.45, 2.75) is 122 Å². The van der Waals surface area contributed by atoms with Crippen molar-refractivity contribution in [2.24, 2.45) is 0 Å². The number of hydrogen-bond donors (Lipinski definition) is 1. The third kappa shape index (κ3) is 14.3. The topological polar surface area (TPSA) is 38.3 Å². The highest BCUT2D eigenvalue weighted by Crippen LogP contribution is 2.14. The number of nitrogens with one attached hydrogen (secondary N) is 1. The quantitative estimate of drug-likeness (QED) is 0.252. The maximum Gasteiger partial charge on any atom is 0.306 e. The molecule has 0 bridgehead atoms. The molecule has 1 atom stereocenters. The molecule has 1 fully saturated rings. The van der Waals surface area contributed by atoms with Crippen LogP contribution in [0, 0.1) is 0 Å². The molecule has 148 valence electrons. The number of carbonyl (C=O) groups is 1. The van der Waals surface area contributed by atoms with Gasteiger partial charge in [-0.15, -0.1) is 0 Å². The predicted octanol–water partition coefficient (Wildman–Crippen LogP) is 6.15. The van der Waals surface area contributed by atoms with Crippen molar-refractivity contribution in [3.63, 3.8) is 0 Å². The van der Waals surface area contributed by atoms with Crippen LogP contribution in [-0.2, 0) is 9.53 Å². The van der Waals surface area contributed by atoms with E-state index in [9.17, 15) is 4.79 Å². The van der Waals surface area contributed by atoms with E-state index in [2.05, 4.69) is 12.2 Å². The molecule has 0 aromatic carbocycles. The fraction of sp³-hybridized carbons (Fsp3) is 0.955. The second-order valence-corrected chi connectivity index (χ2v) is 7.80. The van der Waals surface area contributed by atoms with Crippen molar-refractivity contribution >= 4 is 5.97 Å². The van der Waals surface area contributed by atoms with E-state index in [1.165, 1.54) is 89.9 Å². The molecule has 0 amide bonds. The van der Waals surface area contributed by atoms with Crippen molar-refractivity contribution in [3.05, 3.63) is 0 Å². The highest BCUT2D eigenvalue weighted by Gasteiger charge is 2.18. The molecule has 1 aliphatic heterocycles. The molecule has 0 saturated carbocycles.